The van der Waals surface area contributed by atoms with Crippen LogP contribution in [0.15, 0.2) is 46.2 Å². The number of anilines is 1. The van der Waals surface area contributed by atoms with Gasteiger partial charge in [0.1, 0.15) is 15.8 Å². The summed E-state index contributed by atoms with van der Waals surface area (Å²) in [6.07, 6.45) is 4.16. The molecule has 0 atom stereocenters. The van der Waals surface area contributed by atoms with Gasteiger partial charge in [0.2, 0.25) is 6.79 Å². The van der Waals surface area contributed by atoms with E-state index in [1.807, 2.05) is 38.1 Å². The van der Waals surface area contributed by atoms with Gasteiger partial charge in [-0.1, -0.05) is 36.1 Å². The van der Waals surface area contributed by atoms with Gasteiger partial charge in [-0.15, -0.1) is 0 Å². The number of carbonyl (C=O) groups excluding carboxylic acids is 1. The molecule has 0 aliphatic carbocycles. The Morgan fingerprint density at radius 3 is 2.71 bits per heavy atom. The van der Waals surface area contributed by atoms with E-state index in [-0.39, 0.29) is 18.3 Å². The van der Waals surface area contributed by atoms with Crippen LogP contribution >= 0.6 is 24.0 Å². The summed E-state index contributed by atoms with van der Waals surface area (Å²) in [7, 11) is 0. The average molecular weight is 608 g/mol. The minimum atomic E-state index is -0.205. The minimum absolute atomic E-state index is 0.185. The fourth-order valence-electron chi connectivity index (χ4n) is 5.32. The predicted molar refractivity (Wildman–Crippen MR) is 167 cm³/mol. The molecule has 3 aliphatic rings. The van der Waals surface area contributed by atoms with Crippen molar-refractivity contribution in [2.75, 3.05) is 57.6 Å². The highest BCUT2D eigenvalue weighted by Crippen LogP contribution is 2.35. The summed E-state index contributed by atoms with van der Waals surface area (Å²) in [5.74, 6) is 1.97. The van der Waals surface area contributed by atoms with Gasteiger partial charge in [0, 0.05) is 58.7 Å². The number of aryl methyl sites for hydroxylation is 1. The first-order valence-electron chi connectivity index (χ1n) is 14.1. The van der Waals surface area contributed by atoms with E-state index in [2.05, 4.69) is 15.9 Å². The van der Waals surface area contributed by atoms with Crippen LogP contribution in [0.5, 0.6) is 11.5 Å². The van der Waals surface area contributed by atoms with Gasteiger partial charge in [-0.3, -0.25) is 23.8 Å². The number of pyridine rings is 1. The monoisotopic (exact) mass is 607 g/mol. The van der Waals surface area contributed by atoms with Crippen molar-refractivity contribution in [3.05, 3.63) is 68.5 Å². The zero-order valence-electron chi connectivity index (χ0n) is 23.7. The van der Waals surface area contributed by atoms with Gasteiger partial charge in [-0.25, -0.2) is 4.98 Å². The third-order valence-corrected chi connectivity index (χ3v) is 8.90. The SMILES string of the molecule is CCOCCCN1C(=O)/C(=C\c2c(N3CCN(Cc4ccc5c(c4)OCO5)CC3)nc3ccc(C)cn3c2=O)SC1=S. The Bertz CT molecular complexity index is 1620. The van der Waals surface area contributed by atoms with Crippen LogP contribution in [0, 0.1) is 6.92 Å². The summed E-state index contributed by atoms with van der Waals surface area (Å²) < 4.78 is 18.4. The van der Waals surface area contributed by atoms with Crippen LogP contribution in [0.1, 0.15) is 30.0 Å². The molecule has 42 heavy (non-hydrogen) atoms. The third-order valence-electron chi connectivity index (χ3n) is 7.52. The van der Waals surface area contributed by atoms with Crippen LogP contribution < -0.4 is 19.9 Å². The minimum Gasteiger partial charge on any atom is -0.454 e. The van der Waals surface area contributed by atoms with Crippen LogP contribution in [-0.4, -0.2) is 82.1 Å². The molecule has 0 unspecified atom stereocenters. The molecular formula is C30H33N5O5S2. The van der Waals surface area contributed by atoms with Crippen LogP contribution in [0.2, 0.25) is 0 Å². The van der Waals surface area contributed by atoms with Crippen molar-refractivity contribution in [1.29, 1.82) is 0 Å². The number of ether oxygens (including phenoxy) is 3. The molecule has 1 amide bonds. The van der Waals surface area contributed by atoms with Gasteiger partial charge in [0.15, 0.2) is 11.5 Å². The molecule has 6 rings (SSSR count). The summed E-state index contributed by atoms with van der Waals surface area (Å²) in [6.45, 7) is 9.58. The zero-order valence-corrected chi connectivity index (χ0v) is 25.3. The molecule has 5 heterocycles. The highest BCUT2D eigenvalue weighted by atomic mass is 32.2. The average Bonchev–Trinajstić information content (AvgIpc) is 3.56. The van der Waals surface area contributed by atoms with E-state index in [9.17, 15) is 9.59 Å². The van der Waals surface area contributed by atoms with E-state index in [4.69, 9.17) is 31.4 Å². The quantitative estimate of drug-likeness (QED) is 0.204. The van der Waals surface area contributed by atoms with E-state index in [1.54, 1.807) is 21.6 Å². The lowest BCUT2D eigenvalue weighted by Crippen LogP contribution is -2.47. The fraction of sp³-hybridized carbons (Fsp3) is 0.400. The van der Waals surface area contributed by atoms with Crippen LogP contribution in [0.4, 0.5) is 5.82 Å². The molecule has 0 saturated carbocycles. The van der Waals surface area contributed by atoms with Crippen molar-refractivity contribution in [3.8, 4) is 11.5 Å². The number of amides is 1. The Labute approximate surface area is 253 Å². The van der Waals surface area contributed by atoms with Crippen molar-refractivity contribution in [2.24, 2.45) is 0 Å². The van der Waals surface area contributed by atoms with Gasteiger partial charge in [0.25, 0.3) is 11.5 Å². The fourth-order valence-corrected chi connectivity index (χ4v) is 6.61. The summed E-state index contributed by atoms with van der Waals surface area (Å²) in [5, 5.41) is 0. The molecule has 2 fully saturated rings. The Balaban J connectivity index is 1.25. The number of hydrogen-bond donors (Lipinski definition) is 0. The second-order valence-corrected chi connectivity index (χ2v) is 12.1. The normalized spacial score (nSPS) is 18.2. The lowest BCUT2D eigenvalue weighted by Gasteiger charge is -2.36. The molecule has 2 aromatic heterocycles. The topological polar surface area (TPSA) is 88.8 Å². The summed E-state index contributed by atoms with van der Waals surface area (Å²) in [4.78, 5) is 38.7. The number of fused-ring (bicyclic) bond motifs is 2. The second-order valence-electron chi connectivity index (χ2n) is 10.4. The maximum atomic E-state index is 13.9. The Morgan fingerprint density at radius 1 is 1.10 bits per heavy atom. The van der Waals surface area contributed by atoms with Gasteiger partial charge < -0.3 is 19.1 Å². The van der Waals surface area contributed by atoms with Gasteiger partial charge in [-0.05, 0) is 55.7 Å². The Hall–Kier alpha value is -3.45. The number of benzene rings is 1. The number of piperazine rings is 1. The van der Waals surface area contributed by atoms with E-state index < -0.39 is 0 Å². The molecule has 0 bridgehead atoms. The Kier molecular flexibility index (Phi) is 8.48. The smallest absolute Gasteiger partial charge is 0.267 e. The maximum Gasteiger partial charge on any atom is 0.267 e. The summed E-state index contributed by atoms with van der Waals surface area (Å²) >= 11 is 6.75. The van der Waals surface area contributed by atoms with Crippen LogP contribution in [-0.2, 0) is 16.1 Å². The molecule has 0 N–H and O–H groups in total. The van der Waals surface area contributed by atoms with Crippen molar-refractivity contribution in [1.82, 2.24) is 19.2 Å². The summed E-state index contributed by atoms with van der Waals surface area (Å²) in [5.41, 5.74) is 2.88. The van der Waals surface area contributed by atoms with E-state index in [1.165, 1.54) is 11.8 Å². The number of thioether (sulfide) groups is 1. The lowest BCUT2D eigenvalue weighted by molar-refractivity contribution is -0.122. The highest BCUT2D eigenvalue weighted by Gasteiger charge is 2.33. The van der Waals surface area contributed by atoms with Crippen molar-refractivity contribution in [2.45, 2.75) is 26.8 Å². The molecule has 3 aromatic rings. The number of hydrogen-bond acceptors (Lipinski definition) is 10. The van der Waals surface area contributed by atoms with Crippen molar-refractivity contribution >= 4 is 51.7 Å². The highest BCUT2D eigenvalue weighted by molar-refractivity contribution is 8.26. The first-order valence-corrected chi connectivity index (χ1v) is 15.4. The molecule has 10 nitrogen and oxygen atoms in total. The maximum absolute atomic E-state index is 13.9. The number of carbonyl (C=O) groups is 1. The molecular weight excluding hydrogens is 574 g/mol. The molecule has 0 spiro atoms. The van der Waals surface area contributed by atoms with E-state index in [0.717, 1.165) is 42.3 Å². The molecule has 1 aromatic carbocycles. The van der Waals surface area contributed by atoms with Gasteiger partial charge >= 0.3 is 0 Å². The molecule has 0 radical (unpaired) electrons. The third kappa shape index (κ3) is 5.89. The predicted octanol–water partition coefficient (Wildman–Crippen LogP) is 3.68. The number of aromatic nitrogens is 2. The van der Waals surface area contributed by atoms with Crippen molar-refractivity contribution in [3.63, 3.8) is 0 Å². The molecule has 220 valence electrons. The number of rotatable bonds is 9. The van der Waals surface area contributed by atoms with E-state index >= 15 is 0 Å². The van der Waals surface area contributed by atoms with Crippen molar-refractivity contribution < 1.29 is 19.0 Å². The summed E-state index contributed by atoms with van der Waals surface area (Å²) in [6, 6.07) is 9.86. The largest absolute Gasteiger partial charge is 0.454 e. The van der Waals surface area contributed by atoms with Gasteiger partial charge in [0.05, 0.1) is 10.5 Å². The standard InChI is InChI=1S/C30H33N5O5S2/c1-3-38-14-4-9-34-29(37)25(42-30(34)41)16-22-27(31-26-8-5-20(2)17-35(26)28(22)36)33-12-10-32(11-13-33)18-21-6-7-23-24(15-21)40-19-39-23/h5-8,15-17H,3-4,9-14,18-19H2,1-2H3/b25-16+. The molecule has 12 heteroatoms. The first kappa shape index (κ1) is 28.7. The number of nitrogens with zero attached hydrogens (tertiary/aromatic N) is 5. The zero-order chi connectivity index (χ0) is 29.2. The lowest BCUT2D eigenvalue weighted by atomic mass is 10.1. The Morgan fingerprint density at radius 2 is 1.90 bits per heavy atom. The molecule has 3 aliphatic heterocycles. The van der Waals surface area contributed by atoms with E-state index in [0.29, 0.717) is 65.5 Å². The number of thiocarbonyl (C=S) groups is 1. The second kappa shape index (κ2) is 12.4. The van der Waals surface area contributed by atoms with Crippen LogP contribution in [0.3, 0.4) is 0 Å². The van der Waals surface area contributed by atoms with Crippen LogP contribution in [0.25, 0.3) is 11.7 Å². The van der Waals surface area contributed by atoms with Gasteiger partial charge in [-0.2, -0.15) is 0 Å². The molecule has 2 saturated heterocycles. The first-order chi connectivity index (χ1) is 20.4.